The Morgan fingerprint density at radius 1 is 1.20 bits per heavy atom. The first-order valence-electron chi connectivity index (χ1n) is 6.12. The van der Waals surface area contributed by atoms with Gasteiger partial charge in [0.1, 0.15) is 11.5 Å². The first kappa shape index (κ1) is 14.4. The van der Waals surface area contributed by atoms with Crippen molar-refractivity contribution in [2.75, 3.05) is 11.4 Å². The third kappa shape index (κ3) is 2.93. The van der Waals surface area contributed by atoms with E-state index in [0.717, 1.165) is 0 Å². The van der Waals surface area contributed by atoms with Gasteiger partial charge in [0.25, 0.3) is 5.91 Å². The van der Waals surface area contributed by atoms with Gasteiger partial charge in [-0.15, -0.1) is 0 Å². The summed E-state index contributed by atoms with van der Waals surface area (Å²) in [7, 11) is 0. The fraction of sp³-hybridized carbons (Fsp3) is 0.133. The first-order chi connectivity index (χ1) is 9.52. The van der Waals surface area contributed by atoms with Crippen molar-refractivity contribution >= 4 is 27.5 Å². The Morgan fingerprint density at radius 2 is 1.95 bits per heavy atom. The van der Waals surface area contributed by atoms with Gasteiger partial charge < -0.3 is 15.1 Å². The van der Waals surface area contributed by atoms with Crippen molar-refractivity contribution in [3.63, 3.8) is 0 Å². The number of halogens is 1. The van der Waals surface area contributed by atoms with Gasteiger partial charge >= 0.3 is 0 Å². The van der Waals surface area contributed by atoms with Gasteiger partial charge in [-0.3, -0.25) is 4.79 Å². The maximum Gasteiger partial charge on any atom is 0.262 e. The van der Waals surface area contributed by atoms with E-state index in [1.54, 1.807) is 30.3 Å². The Balaban J connectivity index is 2.41. The van der Waals surface area contributed by atoms with E-state index >= 15 is 0 Å². The lowest BCUT2D eigenvalue weighted by Gasteiger charge is -2.21. The number of hydrogen-bond acceptors (Lipinski definition) is 3. The summed E-state index contributed by atoms with van der Waals surface area (Å²) >= 11 is 3.28. The van der Waals surface area contributed by atoms with Crippen LogP contribution in [0.25, 0.3) is 0 Å². The molecule has 0 spiro atoms. The van der Waals surface area contributed by atoms with Crippen LogP contribution in [0.3, 0.4) is 0 Å². The monoisotopic (exact) mass is 335 g/mol. The molecule has 0 saturated heterocycles. The third-order valence-electron chi connectivity index (χ3n) is 2.89. The highest BCUT2D eigenvalue weighted by Gasteiger charge is 2.19. The van der Waals surface area contributed by atoms with Crippen LogP contribution in [0.5, 0.6) is 11.5 Å². The second kappa shape index (κ2) is 5.96. The van der Waals surface area contributed by atoms with Crippen molar-refractivity contribution in [3.05, 3.63) is 52.5 Å². The molecule has 4 nitrogen and oxygen atoms in total. The molecule has 2 rings (SSSR count). The molecule has 0 saturated carbocycles. The predicted molar refractivity (Wildman–Crippen MR) is 81.3 cm³/mol. The van der Waals surface area contributed by atoms with E-state index in [2.05, 4.69) is 15.9 Å². The van der Waals surface area contributed by atoms with E-state index in [-0.39, 0.29) is 23.0 Å². The Labute approximate surface area is 125 Å². The average Bonchev–Trinajstić information content (AvgIpc) is 2.42. The molecule has 2 N–H and O–H groups in total. The molecule has 0 unspecified atom stereocenters. The number of phenols is 2. The number of aromatic hydroxyl groups is 2. The number of nitrogens with zero attached hydrogens (tertiary/aromatic N) is 1. The first-order valence-corrected chi connectivity index (χ1v) is 6.91. The lowest BCUT2D eigenvalue weighted by atomic mass is 10.1. The molecular formula is C15H14BrNO3. The lowest BCUT2D eigenvalue weighted by molar-refractivity contribution is 0.0985. The van der Waals surface area contributed by atoms with Crippen LogP contribution in [0.15, 0.2) is 46.9 Å². The maximum absolute atomic E-state index is 12.5. The van der Waals surface area contributed by atoms with Crippen LogP contribution >= 0.6 is 15.9 Å². The van der Waals surface area contributed by atoms with E-state index in [1.807, 2.05) is 6.92 Å². The van der Waals surface area contributed by atoms with Gasteiger partial charge in [-0.25, -0.2) is 0 Å². The van der Waals surface area contributed by atoms with E-state index in [0.29, 0.717) is 16.7 Å². The van der Waals surface area contributed by atoms with E-state index in [1.165, 1.54) is 17.0 Å². The minimum absolute atomic E-state index is 0.0724. The lowest BCUT2D eigenvalue weighted by Crippen LogP contribution is -2.30. The highest BCUT2D eigenvalue weighted by molar-refractivity contribution is 9.10. The molecular weight excluding hydrogens is 322 g/mol. The van der Waals surface area contributed by atoms with Crippen molar-refractivity contribution in [2.24, 2.45) is 0 Å². The number of carbonyl (C=O) groups is 1. The summed E-state index contributed by atoms with van der Waals surface area (Å²) in [4.78, 5) is 14.0. The van der Waals surface area contributed by atoms with Crippen LogP contribution < -0.4 is 4.90 Å². The predicted octanol–water partition coefficient (Wildman–Crippen LogP) is 3.53. The molecule has 0 aromatic heterocycles. The van der Waals surface area contributed by atoms with Gasteiger partial charge in [-0.05, 0) is 37.3 Å². The zero-order chi connectivity index (χ0) is 14.7. The molecule has 0 atom stereocenters. The van der Waals surface area contributed by atoms with Crippen LogP contribution in [0.1, 0.15) is 17.3 Å². The zero-order valence-corrected chi connectivity index (χ0v) is 12.5. The molecule has 2 aromatic rings. The van der Waals surface area contributed by atoms with Crippen LogP contribution in [-0.4, -0.2) is 22.7 Å². The van der Waals surface area contributed by atoms with Crippen molar-refractivity contribution in [2.45, 2.75) is 6.92 Å². The fourth-order valence-electron chi connectivity index (χ4n) is 1.93. The van der Waals surface area contributed by atoms with Crippen LogP contribution in [-0.2, 0) is 0 Å². The summed E-state index contributed by atoms with van der Waals surface area (Å²) in [6, 6.07) is 11.2. The minimum atomic E-state index is -0.322. The molecule has 0 heterocycles. The second-order valence-electron chi connectivity index (χ2n) is 4.23. The third-order valence-corrected chi connectivity index (χ3v) is 3.39. The summed E-state index contributed by atoms with van der Waals surface area (Å²) in [5.41, 5.74) is 0.793. The molecule has 2 aromatic carbocycles. The van der Waals surface area contributed by atoms with Crippen molar-refractivity contribution in [3.8, 4) is 11.5 Å². The van der Waals surface area contributed by atoms with Gasteiger partial charge in [-0.1, -0.05) is 22.0 Å². The largest absolute Gasteiger partial charge is 0.508 e. The SMILES string of the molecule is CCN(C(=O)c1cc(Br)ccc1O)c1cccc(O)c1. The average molecular weight is 336 g/mol. The Morgan fingerprint density at radius 3 is 2.60 bits per heavy atom. The number of benzene rings is 2. The summed E-state index contributed by atoms with van der Waals surface area (Å²) < 4.78 is 0.714. The van der Waals surface area contributed by atoms with Crippen LogP contribution in [0.2, 0.25) is 0 Å². The van der Waals surface area contributed by atoms with Gasteiger partial charge in [-0.2, -0.15) is 0 Å². The van der Waals surface area contributed by atoms with E-state index < -0.39 is 0 Å². The normalized spacial score (nSPS) is 10.3. The van der Waals surface area contributed by atoms with Crippen LogP contribution in [0.4, 0.5) is 5.69 Å². The Hall–Kier alpha value is -2.01. The number of phenolic OH excluding ortho intramolecular Hbond substituents is 2. The van der Waals surface area contributed by atoms with Crippen LogP contribution in [0, 0.1) is 0 Å². The molecule has 5 heteroatoms. The highest BCUT2D eigenvalue weighted by atomic mass is 79.9. The summed E-state index contributed by atoms with van der Waals surface area (Å²) in [5, 5.41) is 19.3. The fourth-order valence-corrected chi connectivity index (χ4v) is 2.29. The molecule has 0 aliphatic heterocycles. The summed E-state index contributed by atoms with van der Waals surface area (Å²) in [6.07, 6.45) is 0. The molecule has 1 amide bonds. The van der Waals surface area contributed by atoms with Crippen molar-refractivity contribution in [1.29, 1.82) is 0 Å². The number of amides is 1. The Kier molecular flexibility index (Phi) is 4.29. The number of anilines is 1. The molecule has 0 fully saturated rings. The number of rotatable bonds is 3. The van der Waals surface area contributed by atoms with Gasteiger partial charge in [0.15, 0.2) is 0 Å². The van der Waals surface area contributed by atoms with Gasteiger partial charge in [0.05, 0.1) is 5.56 Å². The van der Waals surface area contributed by atoms with E-state index in [4.69, 9.17) is 0 Å². The molecule has 0 aliphatic carbocycles. The molecule has 0 aliphatic rings. The summed E-state index contributed by atoms with van der Waals surface area (Å²) in [6.45, 7) is 2.26. The van der Waals surface area contributed by atoms with Gasteiger partial charge in [0.2, 0.25) is 0 Å². The minimum Gasteiger partial charge on any atom is -0.508 e. The standard InChI is InChI=1S/C15H14BrNO3/c1-2-17(11-4-3-5-12(18)9-11)15(20)13-8-10(16)6-7-14(13)19/h3-9,18-19H,2H2,1H3. The topological polar surface area (TPSA) is 60.8 Å². The van der Waals surface area contributed by atoms with Crippen molar-refractivity contribution in [1.82, 2.24) is 0 Å². The molecule has 20 heavy (non-hydrogen) atoms. The molecule has 0 radical (unpaired) electrons. The second-order valence-corrected chi connectivity index (χ2v) is 5.15. The summed E-state index contributed by atoms with van der Waals surface area (Å²) in [5.74, 6) is -0.305. The van der Waals surface area contributed by atoms with E-state index in [9.17, 15) is 15.0 Å². The van der Waals surface area contributed by atoms with Gasteiger partial charge in [0, 0.05) is 22.8 Å². The highest BCUT2D eigenvalue weighted by Crippen LogP contribution is 2.27. The Bertz CT molecular complexity index is 643. The number of carbonyl (C=O) groups excluding carboxylic acids is 1. The molecule has 0 bridgehead atoms. The maximum atomic E-state index is 12.5. The number of hydrogen-bond donors (Lipinski definition) is 2. The quantitative estimate of drug-likeness (QED) is 0.901. The smallest absolute Gasteiger partial charge is 0.262 e. The molecule has 104 valence electrons. The zero-order valence-electron chi connectivity index (χ0n) is 10.9. The van der Waals surface area contributed by atoms with Crippen molar-refractivity contribution < 1.29 is 15.0 Å².